The van der Waals surface area contributed by atoms with Crippen molar-refractivity contribution in [3.63, 3.8) is 0 Å². The summed E-state index contributed by atoms with van der Waals surface area (Å²) in [6, 6.07) is 3.21. The van der Waals surface area contributed by atoms with E-state index in [9.17, 15) is 23.1 Å². The Balaban J connectivity index is 1.96. The molecule has 1 atom stereocenters. The molecule has 11 heteroatoms. The second kappa shape index (κ2) is 6.01. The van der Waals surface area contributed by atoms with E-state index in [1.54, 1.807) is 12.1 Å². The lowest BCUT2D eigenvalue weighted by molar-refractivity contribution is -0.254. The van der Waals surface area contributed by atoms with Gasteiger partial charge in [-0.05, 0) is 24.3 Å². The number of allylic oxidation sites excluding steroid dienone is 1. The predicted molar refractivity (Wildman–Crippen MR) is 82.4 cm³/mol. The van der Waals surface area contributed by atoms with E-state index >= 15 is 0 Å². The number of rotatable bonds is 4. The Morgan fingerprint density at radius 2 is 2.20 bits per heavy atom. The molecule has 0 spiro atoms. The van der Waals surface area contributed by atoms with Gasteiger partial charge in [0, 0.05) is 5.38 Å². The number of hydrazone groups is 1. The number of alkyl halides is 3. The van der Waals surface area contributed by atoms with Gasteiger partial charge >= 0.3 is 12.1 Å². The first-order valence-electron chi connectivity index (χ1n) is 6.78. The fraction of sp³-hybridized carbons (Fsp3) is 0.214. The number of aromatic nitrogens is 1. The van der Waals surface area contributed by atoms with Crippen LogP contribution in [0.2, 0.25) is 0 Å². The second-order valence-electron chi connectivity index (χ2n) is 5.06. The molecule has 0 radical (unpaired) electrons. The van der Waals surface area contributed by atoms with Crippen molar-refractivity contribution in [2.24, 2.45) is 5.10 Å². The molecule has 7 nitrogen and oxygen atoms in total. The molecule has 3 heterocycles. The lowest BCUT2D eigenvalue weighted by Crippen LogP contribution is -2.55. The summed E-state index contributed by atoms with van der Waals surface area (Å²) in [5.74, 6) is -0.988. The molecule has 25 heavy (non-hydrogen) atoms. The zero-order valence-electron chi connectivity index (χ0n) is 12.3. The number of carboxylic acids is 1. The Labute approximate surface area is 142 Å². The number of carbonyl (C=O) groups is 1. The van der Waals surface area contributed by atoms with E-state index in [4.69, 9.17) is 9.52 Å². The van der Waals surface area contributed by atoms with Gasteiger partial charge in [-0.25, -0.2) is 9.78 Å². The van der Waals surface area contributed by atoms with Gasteiger partial charge in [0.05, 0.1) is 18.4 Å². The summed E-state index contributed by atoms with van der Waals surface area (Å²) >= 11 is 0.636. The first-order chi connectivity index (χ1) is 11.7. The molecule has 1 aliphatic heterocycles. The van der Waals surface area contributed by atoms with Gasteiger partial charge in [-0.2, -0.15) is 23.3 Å². The highest BCUT2D eigenvalue weighted by molar-refractivity contribution is 7.14. The fourth-order valence-corrected chi connectivity index (χ4v) is 2.93. The smallest absolute Gasteiger partial charge is 0.438 e. The van der Waals surface area contributed by atoms with Crippen LogP contribution in [-0.4, -0.2) is 38.8 Å². The Kier molecular flexibility index (Phi) is 4.13. The van der Waals surface area contributed by atoms with Crippen molar-refractivity contribution in [1.82, 2.24) is 4.98 Å². The molecule has 0 bridgehead atoms. The highest BCUT2D eigenvalue weighted by atomic mass is 32.1. The van der Waals surface area contributed by atoms with Gasteiger partial charge in [0.25, 0.3) is 5.72 Å². The van der Waals surface area contributed by atoms with Gasteiger partial charge in [-0.1, -0.05) is 0 Å². The van der Waals surface area contributed by atoms with Gasteiger partial charge in [0.15, 0.2) is 5.69 Å². The summed E-state index contributed by atoms with van der Waals surface area (Å²) in [5.41, 5.74) is -3.81. The van der Waals surface area contributed by atoms with Crippen molar-refractivity contribution in [2.75, 3.05) is 5.01 Å². The number of aliphatic hydroxyl groups is 1. The van der Waals surface area contributed by atoms with Crippen LogP contribution in [0, 0.1) is 0 Å². The molecule has 0 saturated carbocycles. The maximum atomic E-state index is 13.4. The number of carboxylic acid groups (broad SMARTS) is 1. The summed E-state index contributed by atoms with van der Waals surface area (Å²) in [6.07, 6.45) is -1.79. The quantitative estimate of drug-likeness (QED) is 0.855. The number of thiazole rings is 1. The van der Waals surface area contributed by atoms with Crippen molar-refractivity contribution in [1.29, 1.82) is 0 Å². The van der Waals surface area contributed by atoms with Crippen molar-refractivity contribution >= 4 is 34.2 Å². The van der Waals surface area contributed by atoms with E-state index in [0.717, 1.165) is 5.38 Å². The second-order valence-corrected chi connectivity index (χ2v) is 5.90. The van der Waals surface area contributed by atoms with E-state index in [1.165, 1.54) is 18.4 Å². The molecule has 132 valence electrons. The molecule has 1 aliphatic rings. The van der Waals surface area contributed by atoms with E-state index in [1.807, 2.05) is 0 Å². The zero-order valence-corrected chi connectivity index (χ0v) is 13.1. The summed E-state index contributed by atoms with van der Waals surface area (Å²) < 4.78 is 45.2. The van der Waals surface area contributed by atoms with Crippen LogP contribution in [0.1, 0.15) is 22.7 Å². The van der Waals surface area contributed by atoms with Crippen LogP contribution in [-0.2, 0) is 0 Å². The molecule has 0 aliphatic carbocycles. The van der Waals surface area contributed by atoms with E-state index < -0.39 is 30.0 Å². The van der Waals surface area contributed by atoms with Crippen LogP contribution in [0.4, 0.5) is 18.3 Å². The molecule has 2 aromatic rings. The van der Waals surface area contributed by atoms with Crippen LogP contribution >= 0.6 is 11.3 Å². The number of hydrogen-bond acceptors (Lipinski definition) is 7. The van der Waals surface area contributed by atoms with Crippen LogP contribution in [0.5, 0.6) is 0 Å². The molecule has 0 saturated heterocycles. The molecule has 0 amide bonds. The largest absolute Gasteiger partial charge is 0.476 e. The van der Waals surface area contributed by atoms with Crippen LogP contribution < -0.4 is 5.01 Å². The summed E-state index contributed by atoms with van der Waals surface area (Å²) in [7, 11) is 0. The Morgan fingerprint density at radius 1 is 1.44 bits per heavy atom. The number of hydrogen-bond donors (Lipinski definition) is 2. The molecule has 2 N–H and O–H groups in total. The van der Waals surface area contributed by atoms with Gasteiger partial charge in [0.2, 0.25) is 5.13 Å². The van der Waals surface area contributed by atoms with E-state index in [2.05, 4.69) is 10.1 Å². The number of halogens is 3. The molecule has 0 aromatic carbocycles. The van der Waals surface area contributed by atoms with Gasteiger partial charge < -0.3 is 14.6 Å². The third-order valence-electron chi connectivity index (χ3n) is 3.34. The number of nitrogens with zero attached hydrogens (tertiary/aromatic N) is 3. The molecular formula is C14H10F3N3O4S. The SMILES string of the molecule is O=C(O)c1csc(N2N=C(/C=C/c3ccco3)CC2(O)C(F)(F)F)n1. The van der Waals surface area contributed by atoms with Crippen molar-refractivity contribution in [3.05, 3.63) is 41.3 Å². The highest BCUT2D eigenvalue weighted by Crippen LogP contribution is 2.43. The summed E-state index contributed by atoms with van der Waals surface area (Å²) in [4.78, 5) is 14.4. The first kappa shape index (κ1) is 17.2. The molecule has 2 aromatic heterocycles. The third kappa shape index (κ3) is 3.15. The van der Waals surface area contributed by atoms with Gasteiger partial charge in [0.1, 0.15) is 5.76 Å². The fourth-order valence-electron chi connectivity index (χ4n) is 2.11. The molecule has 1 unspecified atom stereocenters. The minimum atomic E-state index is -5.04. The summed E-state index contributed by atoms with van der Waals surface area (Å²) in [6.45, 7) is 0. The average Bonchev–Trinajstić information content (AvgIpc) is 3.24. The van der Waals surface area contributed by atoms with E-state index in [0.29, 0.717) is 22.1 Å². The standard InChI is InChI=1S/C14H10F3N3O4S/c15-14(16,17)13(23)6-8(3-4-9-2-1-5-24-9)19-20(13)12-18-10(7-25-12)11(21)22/h1-5,7,23H,6H2,(H,21,22)/b4-3+. The summed E-state index contributed by atoms with van der Waals surface area (Å²) in [5, 5.41) is 23.8. The predicted octanol–water partition coefficient (Wildman–Crippen LogP) is 2.96. The van der Waals surface area contributed by atoms with E-state index in [-0.39, 0.29) is 10.8 Å². The van der Waals surface area contributed by atoms with Crippen LogP contribution in [0.15, 0.2) is 39.4 Å². The van der Waals surface area contributed by atoms with Crippen molar-refractivity contribution in [3.8, 4) is 0 Å². The average molecular weight is 373 g/mol. The zero-order chi connectivity index (χ0) is 18.2. The molecular weight excluding hydrogens is 363 g/mol. The van der Waals surface area contributed by atoms with Gasteiger partial charge in [-0.15, -0.1) is 11.3 Å². The van der Waals surface area contributed by atoms with Crippen molar-refractivity contribution < 1.29 is 32.6 Å². The normalized spacial score (nSPS) is 21.1. The Hall–Kier alpha value is -2.66. The Bertz CT molecular complexity index is 844. The molecule has 3 rings (SSSR count). The molecule has 0 fully saturated rings. The maximum absolute atomic E-state index is 13.4. The van der Waals surface area contributed by atoms with Crippen LogP contribution in [0.3, 0.4) is 0 Å². The lowest BCUT2D eigenvalue weighted by atomic mass is 10.1. The minimum absolute atomic E-state index is 0.0664. The monoisotopic (exact) mass is 373 g/mol. The highest BCUT2D eigenvalue weighted by Gasteiger charge is 2.62. The number of furan rings is 1. The van der Waals surface area contributed by atoms with Crippen molar-refractivity contribution in [2.45, 2.75) is 18.3 Å². The first-order valence-corrected chi connectivity index (χ1v) is 7.66. The maximum Gasteiger partial charge on any atom is 0.438 e. The van der Waals surface area contributed by atoms with Crippen LogP contribution in [0.25, 0.3) is 6.08 Å². The topological polar surface area (TPSA) is 99.2 Å². The third-order valence-corrected chi connectivity index (χ3v) is 4.15. The van der Waals surface area contributed by atoms with Gasteiger partial charge in [-0.3, -0.25) is 0 Å². The Morgan fingerprint density at radius 3 is 2.76 bits per heavy atom. The minimum Gasteiger partial charge on any atom is -0.476 e. The number of anilines is 1. The lowest BCUT2D eigenvalue weighted by Gasteiger charge is -2.32. The number of aromatic carboxylic acids is 1.